The zero-order valence-electron chi connectivity index (χ0n) is 16.0. The third kappa shape index (κ3) is 6.18. The van der Waals surface area contributed by atoms with Crippen molar-refractivity contribution in [3.05, 3.63) is 64.7 Å². The average molecular weight is 478 g/mol. The number of likely N-dealkylation sites (N-methyl/N-ethyl adjacent to an activating group) is 1. The summed E-state index contributed by atoms with van der Waals surface area (Å²) >= 11 is 5.86. The maximum atomic E-state index is 12.5. The molecular weight excluding hydrogens is 463 g/mol. The lowest BCUT2D eigenvalue weighted by atomic mass is 10.0. The van der Waals surface area contributed by atoms with Gasteiger partial charge in [-0.1, -0.05) is 23.7 Å². The van der Waals surface area contributed by atoms with E-state index in [1.807, 2.05) is 0 Å². The second-order valence-electron chi connectivity index (χ2n) is 6.12. The van der Waals surface area contributed by atoms with Gasteiger partial charge in [0.1, 0.15) is 5.75 Å². The molecule has 0 bridgehead atoms. The lowest BCUT2D eigenvalue weighted by molar-refractivity contribution is -0.144. The number of rotatable bonds is 5. The SMILES string of the molecule is CN(C)C(=O)C(=O)N/N=C(\c1ccc(Cl)cc1)c1ccc(OS(=O)(=O)C(F)(F)F)cc1. The second kappa shape index (κ2) is 9.35. The number of hydrogen-bond donors (Lipinski definition) is 1. The Hall–Kier alpha value is -3.12. The molecule has 0 saturated carbocycles. The van der Waals surface area contributed by atoms with Crippen molar-refractivity contribution in [1.82, 2.24) is 10.3 Å². The second-order valence-corrected chi connectivity index (χ2v) is 8.09. The Labute approximate surface area is 180 Å². The molecule has 0 unspecified atom stereocenters. The van der Waals surface area contributed by atoms with Crippen LogP contribution in [0.3, 0.4) is 0 Å². The topological polar surface area (TPSA) is 105 Å². The quantitative estimate of drug-likeness (QED) is 0.234. The normalized spacial score (nSPS) is 12.3. The van der Waals surface area contributed by atoms with Gasteiger partial charge >= 0.3 is 27.4 Å². The summed E-state index contributed by atoms with van der Waals surface area (Å²) < 4.78 is 63.7. The molecule has 0 atom stereocenters. The van der Waals surface area contributed by atoms with Gasteiger partial charge in [-0.2, -0.15) is 26.7 Å². The van der Waals surface area contributed by atoms with Crippen LogP contribution in [-0.2, 0) is 19.7 Å². The fourth-order valence-electron chi connectivity index (χ4n) is 2.10. The van der Waals surface area contributed by atoms with Crippen molar-refractivity contribution in [2.75, 3.05) is 14.1 Å². The van der Waals surface area contributed by atoms with Crippen molar-refractivity contribution in [2.45, 2.75) is 5.51 Å². The Kier molecular flexibility index (Phi) is 7.28. The summed E-state index contributed by atoms with van der Waals surface area (Å²) in [5.41, 5.74) is -2.64. The summed E-state index contributed by atoms with van der Waals surface area (Å²) in [7, 11) is -3.08. The van der Waals surface area contributed by atoms with Crippen molar-refractivity contribution in [3.8, 4) is 5.75 Å². The van der Waals surface area contributed by atoms with Crippen molar-refractivity contribution in [1.29, 1.82) is 0 Å². The van der Waals surface area contributed by atoms with Crippen LogP contribution in [-0.4, -0.2) is 50.4 Å². The molecule has 2 rings (SSSR count). The van der Waals surface area contributed by atoms with Gasteiger partial charge in [-0.25, -0.2) is 5.43 Å². The molecule has 0 aromatic heterocycles. The van der Waals surface area contributed by atoms with Gasteiger partial charge in [-0.15, -0.1) is 0 Å². The Morgan fingerprint density at radius 3 is 1.94 bits per heavy atom. The zero-order chi connectivity index (χ0) is 23.4. The highest BCUT2D eigenvalue weighted by molar-refractivity contribution is 7.88. The fourth-order valence-corrected chi connectivity index (χ4v) is 2.69. The third-order valence-electron chi connectivity index (χ3n) is 3.60. The molecule has 166 valence electrons. The molecular formula is C18H15ClF3N3O5S. The molecule has 0 aliphatic rings. The molecule has 0 aliphatic heterocycles. The van der Waals surface area contributed by atoms with E-state index in [1.54, 1.807) is 12.1 Å². The molecule has 2 aromatic carbocycles. The molecule has 2 aromatic rings. The molecule has 0 saturated heterocycles. The van der Waals surface area contributed by atoms with Gasteiger partial charge in [0.15, 0.2) is 0 Å². The van der Waals surface area contributed by atoms with Crippen LogP contribution in [0, 0.1) is 0 Å². The van der Waals surface area contributed by atoms with Crippen molar-refractivity contribution in [3.63, 3.8) is 0 Å². The first-order valence-electron chi connectivity index (χ1n) is 8.28. The first-order valence-corrected chi connectivity index (χ1v) is 10.1. The van der Waals surface area contributed by atoms with Gasteiger partial charge < -0.3 is 9.08 Å². The van der Waals surface area contributed by atoms with Gasteiger partial charge in [-0.05, 0) is 36.4 Å². The van der Waals surface area contributed by atoms with Gasteiger partial charge in [0, 0.05) is 30.2 Å². The maximum Gasteiger partial charge on any atom is 0.534 e. The minimum absolute atomic E-state index is 0.127. The van der Waals surface area contributed by atoms with Crippen LogP contribution in [0.4, 0.5) is 13.2 Å². The van der Waals surface area contributed by atoms with Gasteiger partial charge in [0.2, 0.25) is 0 Å². The monoisotopic (exact) mass is 477 g/mol. The molecule has 0 fully saturated rings. The summed E-state index contributed by atoms with van der Waals surface area (Å²) in [6, 6.07) is 10.6. The number of hydrazone groups is 1. The standard InChI is InChI=1S/C18H15ClF3N3O5S/c1-25(2)17(27)16(26)24-23-15(11-3-7-13(19)8-4-11)12-5-9-14(10-6-12)30-31(28,29)18(20,21)22/h3-10H,1-2H3,(H,24,26)/b23-15+. The van der Waals surface area contributed by atoms with E-state index in [4.69, 9.17) is 11.6 Å². The number of benzene rings is 2. The van der Waals surface area contributed by atoms with Crippen LogP contribution >= 0.6 is 11.6 Å². The Morgan fingerprint density at radius 2 is 1.48 bits per heavy atom. The van der Waals surface area contributed by atoms with Gasteiger partial charge in [0.25, 0.3) is 0 Å². The Morgan fingerprint density at radius 1 is 1.00 bits per heavy atom. The van der Waals surface area contributed by atoms with E-state index in [0.717, 1.165) is 17.0 Å². The van der Waals surface area contributed by atoms with E-state index < -0.39 is 33.2 Å². The highest BCUT2D eigenvalue weighted by Crippen LogP contribution is 2.27. The van der Waals surface area contributed by atoms with Crippen molar-refractivity contribution >= 4 is 39.2 Å². The lowest BCUT2D eigenvalue weighted by Gasteiger charge is -2.12. The van der Waals surface area contributed by atoms with E-state index >= 15 is 0 Å². The van der Waals surface area contributed by atoms with E-state index in [2.05, 4.69) is 14.7 Å². The number of alkyl halides is 3. The van der Waals surface area contributed by atoms with Gasteiger partial charge in [-0.3, -0.25) is 9.59 Å². The first-order chi connectivity index (χ1) is 14.3. The van der Waals surface area contributed by atoms with Crippen LogP contribution in [0.15, 0.2) is 53.6 Å². The Bertz CT molecular complexity index is 1100. The molecule has 0 aliphatic carbocycles. The summed E-state index contributed by atoms with van der Waals surface area (Å²) in [4.78, 5) is 24.6. The van der Waals surface area contributed by atoms with Crippen LogP contribution in [0.5, 0.6) is 5.75 Å². The predicted molar refractivity (Wildman–Crippen MR) is 106 cm³/mol. The summed E-state index contributed by atoms with van der Waals surface area (Å²) in [5.74, 6) is -2.46. The average Bonchev–Trinajstić information content (AvgIpc) is 2.68. The minimum Gasteiger partial charge on any atom is -0.376 e. The molecule has 0 spiro atoms. The predicted octanol–water partition coefficient (Wildman–Crippen LogP) is 2.53. The lowest BCUT2D eigenvalue weighted by Crippen LogP contribution is -2.37. The van der Waals surface area contributed by atoms with E-state index in [0.29, 0.717) is 10.6 Å². The van der Waals surface area contributed by atoms with Crippen LogP contribution < -0.4 is 9.61 Å². The van der Waals surface area contributed by atoms with Gasteiger partial charge in [0.05, 0.1) is 5.71 Å². The summed E-state index contributed by atoms with van der Waals surface area (Å²) in [6.07, 6.45) is 0. The van der Waals surface area contributed by atoms with Crippen LogP contribution in [0.25, 0.3) is 0 Å². The molecule has 0 heterocycles. The van der Waals surface area contributed by atoms with Crippen molar-refractivity contribution in [2.24, 2.45) is 5.10 Å². The number of nitrogens with one attached hydrogen (secondary N) is 1. The minimum atomic E-state index is -5.82. The molecule has 1 N–H and O–H groups in total. The van der Waals surface area contributed by atoms with Crippen LogP contribution in [0.2, 0.25) is 5.02 Å². The number of amides is 2. The van der Waals surface area contributed by atoms with E-state index in [1.165, 1.54) is 38.4 Å². The molecule has 13 heteroatoms. The highest BCUT2D eigenvalue weighted by Gasteiger charge is 2.48. The number of halogens is 4. The smallest absolute Gasteiger partial charge is 0.376 e. The number of nitrogens with zero attached hydrogens (tertiary/aromatic N) is 2. The number of carbonyl (C=O) groups is 2. The maximum absolute atomic E-state index is 12.5. The van der Waals surface area contributed by atoms with E-state index in [9.17, 15) is 31.2 Å². The van der Waals surface area contributed by atoms with Crippen LogP contribution in [0.1, 0.15) is 11.1 Å². The molecule has 0 radical (unpaired) electrons. The molecule has 8 nitrogen and oxygen atoms in total. The summed E-state index contributed by atoms with van der Waals surface area (Å²) in [5, 5.41) is 4.34. The highest BCUT2D eigenvalue weighted by atomic mass is 35.5. The molecule has 2 amide bonds. The zero-order valence-corrected chi connectivity index (χ0v) is 17.5. The largest absolute Gasteiger partial charge is 0.534 e. The molecule has 31 heavy (non-hydrogen) atoms. The third-order valence-corrected chi connectivity index (χ3v) is 4.84. The first kappa shape index (κ1) is 24.2. The number of hydrogen-bond acceptors (Lipinski definition) is 6. The summed E-state index contributed by atoms with van der Waals surface area (Å²) in [6.45, 7) is 0. The Balaban J connectivity index is 2.38. The van der Waals surface area contributed by atoms with E-state index in [-0.39, 0.29) is 11.3 Å². The number of carbonyl (C=O) groups excluding carboxylic acids is 2. The fraction of sp³-hybridized carbons (Fsp3) is 0.167. The van der Waals surface area contributed by atoms with Crippen molar-refractivity contribution < 1.29 is 35.4 Å².